The van der Waals surface area contributed by atoms with Gasteiger partial charge < -0.3 is 19.5 Å². The maximum atomic E-state index is 13.7. The lowest BCUT2D eigenvalue weighted by atomic mass is 9.78. The first-order chi connectivity index (χ1) is 17.9. The van der Waals surface area contributed by atoms with Gasteiger partial charge in [0.2, 0.25) is 11.7 Å². The Morgan fingerprint density at radius 2 is 2.00 bits per heavy atom. The molecule has 2 aliphatic heterocycles. The molecule has 7 rings (SSSR count). The van der Waals surface area contributed by atoms with Gasteiger partial charge in [-0.1, -0.05) is 5.16 Å². The summed E-state index contributed by atoms with van der Waals surface area (Å²) >= 11 is 0. The Morgan fingerprint density at radius 3 is 2.70 bits per heavy atom. The third kappa shape index (κ3) is 3.72. The van der Waals surface area contributed by atoms with Crippen molar-refractivity contribution in [1.29, 1.82) is 0 Å². The molecule has 0 aromatic carbocycles. The largest absolute Gasteiger partial charge is 0.380 e. The third-order valence-electron chi connectivity index (χ3n) is 7.06. The van der Waals surface area contributed by atoms with Crippen molar-refractivity contribution in [2.45, 2.75) is 24.9 Å². The van der Waals surface area contributed by atoms with Gasteiger partial charge >= 0.3 is 0 Å². The monoisotopic (exact) mass is 511 g/mol. The Hall–Kier alpha value is -4.00. The second kappa shape index (κ2) is 8.00. The number of ether oxygens (including phenoxy) is 1. The summed E-state index contributed by atoms with van der Waals surface area (Å²) in [6.07, 6.45) is 0.705. The highest BCUT2D eigenvalue weighted by Gasteiger charge is 2.49. The van der Waals surface area contributed by atoms with Crippen LogP contribution in [0.5, 0.6) is 0 Å². The number of rotatable bonds is 6. The molecule has 4 aromatic rings. The Balaban J connectivity index is 1.16. The highest BCUT2D eigenvalue weighted by molar-refractivity contribution is 6.04. The lowest BCUT2D eigenvalue weighted by molar-refractivity contribution is -0.127. The number of alkyl halides is 3. The zero-order valence-electron chi connectivity index (χ0n) is 19.3. The summed E-state index contributed by atoms with van der Waals surface area (Å²) in [5.74, 6) is -0.866. The van der Waals surface area contributed by atoms with Crippen molar-refractivity contribution in [2.75, 3.05) is 36.5 Å². The van der Waals surface area contributed by atoms with Gasteiger partial charge in [0.05, 0.1) is 42.1 Å². The molecule has 0 unspecified atom stereocenters. The van der Waals surface area contributed by atoms with Crippen LogP contribution >= 0.6 is 0 Å². The molecule has 1 saturated carbocycles. The predicted octanol–water partition coefficient (Wildman–Crippen LogP) is 3.63. The second-order valence-electron chi connectivity index (χ2n) is 9.83. The van der Waals surface area contributed by atoms with Crippen molar-refractivity contribution in [3.63, 3.8) is 0 Å². The molecule has 2 atom stereocenters. The number of hydrogen-bond donors (Lipinski definition) is 1. The molecule has 6 heterocycles. The molecule has 4 aromatic heterocycles. The van der Waals surface area contributed by atoms with Gasteiger partial charge in [-0.25, -0.2) is 18.2 Å². The van der Waals surface area contributed by atoms with Gasteiger partial charge in [-0.05, 0) is 24.6 Å². The lowest BCUT2D eigenvalue weighted by Gasteiger charge is -2.55. The summed E-state index contributed by atoms with van der Waals surface area (Å²) < 4.78 is 52.8. The van der Waals surface area contributed by atoms with Crippen LogP contribution in [-0.4, -0.2) is 62.9 Å². The van der Waals surface area contributed by atoms with Crippen LogP contribution in [0.2, 0.25) is 0 Å². The van der Waals surface area contributed by atoms with E-state index in [0.717, 1.165) is 32.0 Å². The molecule has 1 aliphatic carbocycles. The molecular formula is C24H20F3N7O3. The number of aromatic nitrogens is 5. The van der Waals surface area contributed by atoms with Gasteiger partial charge in [0.25, 0.3) is 12.3 Å². The van der Waals surface area contributed by atoms with E-state index in [-0.39, 0.29) is 34.1 Å². The standard InChI is InChI=1S/C24H20F3N7O3/c25-15-4-14(15)23-31-21(32-37-23)12-3-16(19(20(26)27)29-5-12)30-22(35)17-6-28-18-2-1-13(7-34(17)18)33-8-24(9-33)10-36-11-24/h1-3,5-7,14-15,20H,4,8-11H2,(H,30,35)/t14-,15-/m0/s1. The molecule has 10 nitrogen and oxygen atoms in total. The van der Waals surface area contributed by atoms with E-state index in [1.165, 1.54) is 18.5 Å². The molecule has 0 bridgehead atoms. The van der Waals surface area contributed by atoms with E-state index in [9.17, 15) is 18.0 Å². The summed E-state index contributed by atoms with van der Waals surface area (Å²) in [4.78, 5) is 27.6. The molecule has 2 saturated heterocycles. The Kier molecular flexibility index (Phi) is 4.80. The average molecular weight is 511 g/mol. The summed E-state index contributed by atoms with van der Waals surface area (Å²) in [7, 11) is 0. The van der Waals surface area contributed by atoms with Crippen molar-refractivity contribution < 1.29 is 27.2 Å². The Morgan fingerprint density at radius 1 is 1.19 bits per heavy atom. The number of imidazole rings is 1. The highest BCUT2D eigenvalue weighted by Crippen LogP contribution is 2.43. The SMILES string of the molecule is O=C(Nc1cc(-c2noc([C@H]3C[C@@H]3F)n2)cnc1C(F)F)c1cnc2ccc(N3CC4(COC4)C3)cn12. The van der Waals surface area contributed by atoms with E-state index in [2.05, 4.69) is 30.3 Å². The van der Waals surface area contributed by atoms with Gasteiger partial charge in [0.1, 0.15) is 23.2 Å². The fourth-order valence-corrected chi connectivity index (χ4v) is 4.82. The summed E-state index contributed by atoms with van der Waals surface area (Å²) in [6, 6.07) is 5.04. The van der Waals surface area contributed by atoms with Crippen LogP contribution < -0.4 is 10.2 Å². The normalized spacial score (nSPS) is 21.8. The topological polar surface area (TPSA) is 111 Å². The molecule has 37 heavy (non-hydrogen) atoms. The van der Waals surface area contributed by atoms with Gasteiger partial charge in [-0.3, -0.25) is 14.2 Å². The van der Waals surface area contributed by atoms with Crippen molar-refractivity contribution in [2.24, 2.45) is 5.41 Å². The van der Waals surface area contributed by atoms with Crippen LogP contribution in [0, 0.1) is 5.41 Å². The Bertz CT molecular complexity index is 1530. The van der Waals surface area contributed by atoms with E-state index < -0.39 is 30.1 Å². The maximum Gasteiger partial charge on any atom is 0.282 e. The molecule has 1 N–H and O–H groups in total. The third-order valence-corrected chi connectivity index (χ3v) is 7.06. The summed E-state index contributed by atoms with van der Waals surface area (Å²) in [5.41, 5.74) is 1.32. The van der Waals surface area contributed by atoms with Gasteiger partial charge in [-0.15, -0.1) is 0 Å². The molecular weight excluding hydrogens is 491 g/mol. The number of pyridine rings is 2. The minimum atomic E-state index is -2.94. The number of anilines is 2. The molecule has 13 heteroatoms. The fraction of sp³-hybridized carbons (Fsp3) is 0.375. The van der Waals surface area contributed by atoms with Crippen LogP contribution in [-0.2, 0) is 4.74 Å². The fourth-order valence-electron chi connectivity index (χ4n) is 4.82. The van der Waals surface area contributed by atoms with Crippen LogP contribution in [0.3, 0.4) is 0 Å². The molecule has 3 fully saturated rings. The first kappa shape index (κ1) is 22.2. The number of carbonyl (C=O) groups excluding carboxylic acids is 1. The average Bonchev–Trinajstić information content (AvgIpc) is 3.21. The van der Waals surface area contributed by atoms with Gasteiger partial charge in [-0.2, -0.15) is 4.98 Å². The minimum absolute atomic E-state index is 0.0709. The number of carbonyl (C=O) groups is 1. The molecule has 1 spiro atoms. The summed E-state index contributed by atoms with van der Waals surface area (Å²) in [6.45, 7) is 3.25. The molecule has 0 radical (unpaired) electrons. The number of fused-ring (bicyclic) bond motifs is 1. The van der Waals surface area contributed by atoms with E-state index >= 15 is 0 Å². The number of hydrogen-bond acceptors (Lipinski definition) is 8. The van der Waals surface area contributed by atoms with E-state index in [1.54, 1.807) is 10.5 Å². The van der Waals surface area contributed by atoms with Crippen LogP contribution in [0.25, 0.3) is 17.0 Å². The molecule has 1 amide bonds. The Labute approximate surface area is 207 Å². The molecule has 190 valence electrons. The first-order valence-corrected chi connectivity index (χ1v) is 11.8. The van der Waals surface area contributed by atoms with Crippen LogP contribution in [0.1, 0.15) is 40.8 Å². The van der Waals surface area contributed by atoms with Crippen LogP contribution in [0.15, 0.2) is 41.3 Å². The van der Waals surface area contributed by atoms with Crippen LogP contribution in [0.4, 0.5) is 24.5 Å². The van der Waals surface area contributed by atoms with E-state index in [0.29, 0.717) is 12.1 Å². The number of amides is 1. The zero-order chi connectivity index (χ0) is 25.3. The molecule has 3 aliphatic rings. The second-order valence-corrected chi connectivity index (χ2v) is 9.83. The first-order valence-electron chi connectivity index (χ1n) is 11.8. The van der Waals surface area contributed by atoms with E-state index in [1.807, 2.05) is 12.3 Å². The zero-order valence-corrected chi connectivity index (χ0v) is 19.3. The van der Waals surface area contributed by atoms with Gasteiger partial charge in [0, 0.05) is 31.0 Å². The number of halogens is 3. The smallest absolute Gasteiger partial charge is 0.282 e. The maximum absolute atomic E-state index is 13.7. The number of nitrogens with zero attached hydrogens (tertiary/aromatic N) is 6. The van der Waals surface area contributed by atoms with Crippen molar-refractivity contribution in [3.05, 3.63) is 54.1 Å². The summed E-state index contributed by atoms with van der Waals surface area (Å²) in [5, 5.41) is 6.34. The van der Waals surface area contributed by atoms with Gasteiger partial charge in [0.15, 0.2) is 0 Å². The van der Waals surface area contributed by atoms with Crippen molar-refractivity contribution in [1.82, 2.24) is 24.5 Å². The highest BCUT2D eigenvalue weighted by atomic mass is 19.3. The lowest BCUT2D eigenvalue weighted by Crippen LogP contribution is -2.66. The quantitative estimate of drug-likeness (QED) is 0.418. The van der Waals surface area contributed by atoms with Crippen molar-refractivity contribution >= 4 is 22.9 Å². The number of nitrogens with one attached hydrogen (secondary N) is 1. The predicted molar refractivity (Wildman–Crippen MR) is 123 cm³/mol. The van der Waals surface area contributed by atoms with E-state index in [4.69, 9.17) is 9.26 Å². The minimum Gasteiger partial charge on any atom is -0.380 e. The van der Waals surface area contributed by atoms with Crippen molar-refractivity contribution in [3.8, 4) is 11.4 Å².